The zero-order valence-corrected chi connectivity index (χ0v) is 17.8. The minimum atomic E-state index is -0.442. The predicted molar refractivity (Wildman–Crippen MR) is 117 cm³/mol. The van der Waals surface area contributed by atoms with Gasteiger partial charge in [-0.2, -0.15) is 0 Å². The van der Waals surface area contributed by atoms with Gasteiger partial charge in [-0.1, -0.05) is 42.1 Å². The van der Waals surface area contributed by atoms with Gasteiger partial charge in [0.15, 0.2) is 16.7 Å². The van der Waals surface area contributed by atoms with E-state index in [1.54, 1.807) is 12.3 Å². The third-order valence-electron chi connectivity index (χ3n) is 4.80. The van der Waals surface area contributed by atoms with E-state index in [2.05, 4.69) is 10.2 Å². The molecule has 8 nitrogen and oxygen atoms in total. The van der Waals surface area contributed by atoms with E-state index in [0.717, 1.165) is 28.3 Å². The van der Waals surface area contributed by atoms with Crippen molar-refractivity contribution in [3.8, 4) is 17.1 Å². The summed E-state index contributed by atoms with van der Waals surface area (Å²) >= 11 is 1.46. The van der Waals surface area contributed by atoms with Crippen molar-refractivity contribution >= 4 is 17.4 Å². The molecule has 158 valence electrons. The van der Waals surface area contributed by atoms with Crippen LogP contribution in [-0.4, -0.2) is 26.8 Å². The smallest absolute Gasteiger partial charge is 0.311 e. The summed E-state index contributed by atoms with van der Waals surface area (Å²) in [5.74, 6) is 2.27. The summed E-state index contributed by atoms with van der Waals surface area (Å²) in [4.78, 5) is 10.9. The van der Waals surface area contributed by atoms with Crippen LogP contribution in [0, 0.1) is 17.0 Å². The number of aryl methyl sites for hydroxylation is 1. The number of ether oxygens (including phenoxy) is 1. The molecule has 9 heteroatoms. The van der Waals surface area contributed by atoms with E-state index >= 15 is 0 Å². The maximum absolute atomic E-state index is 11.3. The van der Waals surface area contributed by atoms with Crippen molar-refractivity contribution in [2.75, 3.05) is 7.11 Å². The Morgan fingerprint density at radius 1 is 1.16 bits per heavy atom. The van der Waals surface area contributed by atoms with E-state index in [1.807, 2.05) is 54.0 Å². The molecule has 0 N–H and O–H groups in total. The molecule has 0 radical (unpaired) electrons. The lowest BCUT2D eigenvalue weighted by molar-refractivity contribution is -0.385. The Morgan fingerprint density at radius 2 is 2.00 bits per heavy atom. The van der Waals surface area contributed by atoms with Crippen LogP contribution in [-0.2, 0) is 12.3 Å². The highest BCUT2D eigenvalue weighted by atomic mass is 32.2. The number of hydrogen-bond acceptors (Lipinski definition) is 7. The molecule has 2 aromatic heterocycles. The lowest BCUT2D eigenvalue weighted by Crippen LogP contribution is -2.04. The Kier molecular flexibility index (Phi) is 6.03. The highest BCUT2D eigenvalue weighted by Gasteiger charge is 2.19. The molecule has 0 saturated carbocycles. The van der Waals surface area contributed by atoms with Crippen molar-refractivity contribution in [1.82, 2.24) is 14.8 Å². The molecule has 0 unspecified atom stereocenters. The van der Waals surface area contributed by atoms with Crippen molar-refractivity contribution in [2.24, 2.45) is 0 Å². The molecule has 2 aromatic carbocycles. The number of nitrogens with zero attached hydrogens (tertiary/aromatic N) is 4. The Bertz CT molecular complexity index is 1200. The summed E-state index contributed by atoms with van der Waals surface area (Å²) in [6.07, 6.45) is 1.64. The molecule has 0 aliphatic carbocycles. The Morgan fingerprint density at radius 3 is 2.71 bits per heavy atom. The number of methoxy groups -OCH3 is 1. The fraction of sp³-hybridized carbons (Fsp3) is 0.182. The van der Waals surface area contributed by atoms with Gasteiger partial charge < -0.3 is 9.15 Å². The normalized spacial score (nSPS) is 10.9. The van der Waals surface area contributed by atoms with Gasteiger partial charge in [-0.25, -0.2) is 0 Å². The van der Waals surface area contributed by atoms with Crippen LogP contribution in [0.1, 0.15) is 16.9 Å². The summed E-state index contributed by atoms with van der Waals surface area (Å²) in [6, 6.07) is 16.7. The van der Waals surface area contributed by atoms with Gasteiger partial charge in [-0.15, -0.1) is 10.2 Å². The van der Waals surface area contributed by atoms with Gasteiger partial charge in [0.05, 0.1) is 24.8 Å². The van der Waals surface area contributed by atoms with Gasteiger partial charge in [0, 0.05) is 17.4 Å². The minimum absolute atomic E-state index is 0.0572. The van der Waals surface area contributed by atoms with E-state index in [-0.39, 0.29) is 11.4 Å². The molecule has 0 aliphatic heterocycles. The maximum atomic E-state index is 11.3. The molecule has 4 aromatic rings. The molecule has 0 atom stereocenters. The van der Waals surface area contributed by atoms with Gasteiger partial charge in [0.2, 0.25) is 0 Å². The van der Waals surface area contributed by atoms with Gasteiger partial charge in [-0.05, 0) is 36.2 Å². The highest BCUT2D eigenvalue weighted by molar-refractivity contribution is 7.98. The number of furan rings is 1. The standard InChI is InChI=1S/C22H20N4O4S/c1-15-6-3-4-8-18(15)21-23-24-22(25(21)13-17-7-5-11-30-17)31-14-16-9-10-20(29-2)19(12-16)26(27)28/h3-12H,13-14H2,1-2H3. The third kappa shape index (κ3) is 4.46. The summed E-state index contributed by atoms with van der Waals surface area (Å²) in [7, 11) is 1.42. The molecular formula is C22H20N4O4S. The SMILES string of the molecule is COc1ccc(CSc2nnc(-c3ccccc3C)n2Cc2ccco2)cc1[N+](=O)[O-]. The average molecular weight is 436 g/mol. The second-order valence-electron chi connectivity index (χ2n) is 6.84. The Balaban J connectivity index is 1.65. The predicted octanol–water partition coefficient (Wildman–Crippen LogP) is 5.10. The molecule has 31 heavy (non-hydrogen) atoms. The number of nitro groups is 1. The molecular weight excluding hydrogens is 416 g/mol. The number of aromatic nitrogens is 3. The highest BCUT2D eigenvalue weighted by Crippen LogP contribution is 2.32. The molecule has 0 fully saturated rings. The molecule has 0 spiro atoms. The molecule has 0 aliphatic rings. The van der Waals surface area contributed by atoms with E-state index in [0.29, 0.717) is 17.5 Å². The first-order valence-corrected chi connectivity index (χ1v) is 10.5. The lowest BCUT2D eigenvalue weighted by Gasteiger charge is -2.10. The van der Waals surface area contributed by atoms with Crippen LogP contribution in [0.25, 0.3) is 11.4 Å². The lowest BCUT2D eigenvalue weighted by atomic mass is 10.1. The van der Waals surface area contributed by atoms with Crippen LogP contribution in [0.2, 0.25) is 0 Å². The van der Waals surface area contributed by atoms with E-state index in [9.17, 15) is 10.1 Å². The maximum Gasteiger partial charge on any atom is 0.311 e. The fourth-order valence-corrected chi connectivity index (χ4v) is 4.12. The van der Waals surface area contributed by atoms with Crippen molar-refractivity contribution in [3.05, 3.63) is 87.9 Å². The van der Waals surface area contributed by atoms with Crippen molar-refractivity contribution in [1.29, 1.82) is 0 Å². The number of thioether (sulfide) groups is 1. The molecule has 0 amide bonds. The van der Waals surface area contributed by atoms with Crippen LogP contribution in [0.3, 0.4) is 0 Å². The van der Waals surface area contributed by atoms with Crippen LogP contribution >= 0.6 is 11.8 Å². The second kappa shape index (κ2) is 9.05. The average Bonchev–Trinajstić information content (AvgIpc) is 3.43. The zero-order valence-electron chi connectivity index (χ0n) is 17.0. The van der Waals surface area contributed by atoms with Crippen LogP contribution < -0.4 is 4.74 Å². The van der Waals surface area contributed by atoms with Gasteiger partial charge in [-0.3, -0.25) is 14.7 Å². The van der Waals surface area contributed by atoms with Crippen LogP contribution in [0.15, 0.2) is 70.4 Å². The first-order valence-electron chi connectivity index (χ1n) is 9.52. The fourth-order valence-electron chi connectivity index (χ4n) is 3.24. The molecule has 0 saturated heterocycles. The number of rotatable bonds is 8. The van der Waals surface area contributed by atoms with E-state index < -0.39 is 4.92 Å². The summed E-state index contributed by atoms with van der Waals surface area (Å²) in [5, 5.41) is 20.8. The minimum Gasteiger partial charge on any atom is -0.490 e. The van der Waals surface area contributed by atoms with E-state index in [4.69, 9.17) is 9.15 Å². The van der Waals surface area contributed by atoms with E-state index in [1.165, 1.54) is 24.9 Å². The number of hydrogen-bond donors (Lipinski definition) is 0. The van der Waals surface area contributed by atoms with Gasteiger partial charge in [0.1, 0.15) is 5.76 Å². The third-order valence-corrected chi connectivity index (χ3v) is 5.84. The van der Waals surface area contributed by atoms with Gasteiger partial charge in [0.25, 0.3) is 0 Å². The monoisotopic (exact) mass is 436 g/mol. The zero-order chi connectivity index (χ0) is 21.8. The Labute approximate surface area is 183 Å². The van der Waals surface area contributed by atoms with Crippen LogP contribution in [0.5, 0.6) is 5.75 Å². The Hall–Kier alpha value is -3.59. The number of nitro benzene ring substituents is 1. The topological polar surface area (TPSA) is 96.2 Å². The first-order chi connectivity index (χ1) is 15.1. The molecule has 0 bridgehead atoms. The number of benzene rings is 2. The largest absolute Gasteiger partial charge is 0.490 e. The molecule has 2 heterocycles. The van der Waals surface area contributed by atoms with Crippen molar-refractivity contribution in [2.45, 2.75) is 24.4 Å². The summed E-state index contributed by atoms with van der Waals surface area (Å²) < 4.78 is 12.6. The van der Waals surface area contributed by atoms with Crippen molar-refractivity contribution in [3.63, 3.8) is 0 Å². The molecule has 4 rings (SSSR count). The first kappa shape index (κ1) is 20.7. The van der Waals surface area contributed by atoms with Crippen molar-refractivity contribution < 1.29 is 14.1 Å². The second-order valence-corrected chi connectivity index (χ2v) is 7.78. The quantitative estimate of drug-likeness (QED) is 0.215. The summed E-state index contributed by atoms with van der Waals surface area (Å²) in [6.45, 7) is 2.51. The summed E-state index contributed by atoms with van der Waals surface area (Å²) in [5.41, 5.74) is 2.83. The van der Waals surface area contributed by atoms with Crippen LogP contribution in [0.4, 0.5) is 5.69 Å². The van der Waals surface area contributed by atoms with Gasteiger partial charge >= 0.3 is 5.69 Å².